The van der Waals surface area contributed by atoms with Crippen molar-refractivity contribution in [3.8, 4) is 0 Å². The molecule has 2 N–H and O–H groups in total. The number of hydrogen-bond acceptors (Lipinski definition) is 4. The van der Waals surface area contributed by atoms with Crippen LogP contribution in [0.1, 0.15) is 46.7 Å². The molecule has 0 bridgehead atoms. The summed E-state index contributed by atoms with van der Waals surface area (Å²) in [5, 5.41) is 5.57. The van der Waals surface area contributed by atoms with Gasteiger partial charge in [-0.05, 0) is 31.0 Å². The molecule has 2 unspecified atom stereocenters. The molecule has 2 aromatic carbocycles. The van der Waals surface area contributed by atoms with Crippen molar-refractivity contribution in [1.82, 2.24) is 15.5 Å². The zero-order valence-corrected chi connectivity index (χ0v) is 17.1. The van der Waals surface area contributed by atoms with Crippen molar-refractivity contribution in [3.05, 3.63) is 71.3 Å². The van der Waals surface area contributed by atoms with Gasteiger partial charge < -0.3 is 15.5 Å². The quantitative estimate of drug-likeness (QED) is 0.796. The molecular weight excluding hydrogens is 386 g/mol. The van der Waals surface area contributed by atoms with E-state index in [4.69, 9.17) is 0 Å². The number of hydrogen-bond donors (Lipinski definition) is 2. The summed E-state index contributed by atoms with van der Waals surface area (Å²) in [6.07, 6.45) is 0. The van der Waals surface area contributed by atoms with Crippen molar-refractivity contribution in [2.24, 2.45) is 0 Å². The van der Waals surface area contributed by atoms with E-state index >= 15 is 0 Å². The molecule has 0 spiro atoms. The minimum Gasteiger partial charge on any atom is -0.348 e. The molecule has 2 aliphatic rings. The smallest absolute Gasteiger partial charge is 0.256 e. The minimum atomic E-state index is -0.696. The first-order valence-corrected chi connectivity index (χ1v) is 10.7. The predicted octanol–water partition coefficient (Wildman–Crippen LogP) is 2.64. The first-order valence-electron chi connectivity index (χ1n) is 9.66. The van der Waals surface area contributed by atoms with Crippen LogP contribution in [0.3, 0.4) is 0 Å². The molecule has 0 radical (unpaired) electrons. The first-order chi connectivity index (χ1) is 14.0. The van der Waals surface area contributed by atoms with E-state index in [1.54, 1.807) is 29.7 Å². The molecule has 150 valence electrons. The molecule has 4 rings (SSSR count). The van der Waals surface area contributed by atoms with Gasteiger partial charge in [0.05, 0.1) is 6.04 Å². The van der Waals surface area contributed by atoms with Crippen molar-refractivity contribution in [2.75, 3.05) is 5.75 Å². The number of thioether (sulfide) groups is 1. The lowest BCUT2D eigenvalue weighted by Gasteiger charge is -2.25. The topological polar surface area (TPSA) is 78.5 Å². The van der Waals surface area contributed by atoms with Gasteiger partial charge in [0.25, 0.3) is 5.91 Å². The highest BCUT2D eigenvalue weighted by Gasteiger charge is 2.48. The summed E-state index contributed by atoms with van der Waals surface area (Å²) in [5.74, 6) is -0.152. The summed E-state index contributed by atoms with van der Waals surface area (Å²) < 4.78 is 0. The van der Waals surface area contributed by atoms with Crippen molar-refractivity contribution in [2.45, 2.75) is 37.3 Å². The molecule has 1 saturated heterocycles. The van der Waals surface area contributed by atoms with Crippen LogP contribution in [0.2, 0.25) is 0 Å². The molecule has 29 heavy (non-hydrogen) atoms. The number of nitrogens with zero attached hydrogens (tertiary/aromatic N) is 1. The maximum absolute atomic E-state index is 12.9. The molecule has 3 amide bonds. The fourth-order valence-electron chi connectivity index (χ4n) is 3.78. The van der Waals surface area contributed by atoms with Crippen molar-refractivity contribution in [3.63, 3.8) is 0 Å². The Morgan fingerprint density at radius 3 is 2.48 bits per heavy atom. The summed E-state index contributed by atoms with van der Waals surface area (Å²) in [5.41, 5.74) is 2.61. The van der Waals surface area contributed by atoms with E-state index in [2.05, 4.69) is 10.6 Å². The van der Waals surface area contributed by atoms with Crippen molar-refractivity contribution < 1.29 is 14.4 Å². The molecule has 0 saturated carbocycles. The number of carbonyl (C=O) groups excluding carboxylic acids is 3. The van der Waals surface area contributed by atoms with E-state index in [-0.39, 0.29) is 29.1 Å². The highest BCUT2D eigenvalue weighted by molar-refractivity contribution is 7.99. The Hall–Kier alpha value is -2.80. The fraction of sp³-hybridized carbons (Fsp3) is 0.318. The normalized spacial score (nSPS) is 21.9. The third-order valence-corrected chi connectivity index (χ3v) is 6.71. The summed E-state index contributed by atoms with van der Waals surface area (Å²) >= 11 is 1.58. The second kappa shape index (κ2) is 7.91. The maximum Gasteiger partial charge on any atom is 0.256 e. The molecular formula is C22H23N3O3S. The first kappa shape index (κ1) is 19.5. The largest absolute Gasteiger partial charge is 0.348 e. The van der Waals surface area contributed by atoms with E-state index in [1.165, 1.54) is 0 Å². The van der Waals surface area contributed by atoms with E-state index in [1.807, 2.05) is 55.5 Å². The summed E-state index contributed by atoms with van der Waals surface area (Å²) in [4.78, 5) is 39.8. The number of benzene rings is 2. The van der Waals surface area contributed by atoms with Crippen molar-refractivity contribution in [1.29, 1.82) is 0 Å². The predicted molar refractivity (Wildman–Crippen MR) is 112 cm³/mol. The van der Waals surface area contributed by atoms with Crippen LogP contribution in [0.5, 0.6) is 0 Å². The van der Waals surface area contributed by atoms with Crippen LogP contribution in [-0.2, 0) is 9.59 Å². The van der Waals surface area contributed by atoms with Gasteiger partial charge in [-0.3, -0.25) is 14.4 Å². The molecule has 0 aromatic heterocycles. The van der Waals surface area contributed by atoms with Gasteiger partial charge in [-0.25, -0.2) is 0 Å². The van der Waals surface area contributed by atoms with Gasteiger partial charge in [-0.1, -0.05) is 48.5 Å². The second-order valence-electron chi connectivity index (χ2n) is 7.37. The van der Waals surface area contributed by atoms with E-state index in [0.29, 0.717) is 11.3 Å². The second-order valence-corrected chi connectivity index (χ2v) is 8.49. The van der Waals surface area contributed by atoms with Gasteiger partial charge >= 0.3 is 0 Å². The Kier molecular flexibility index (Phi) is 5.32. The van der Waals surface area contributed by atoms with Gasteiger partial charge in [-0.15, -0.1) is 11.8 Å². The highest BCUT2D eigenvalue weighted by Crippen LogP contribution is 2.48. The Bertz CT molecular complexity index is 949. The van der Waals surface area contributed by atoms with Gasteiger partial charge in [0, 0.05) is 11.3 Å². The van der Waals surface area contributed by atoms with Crippen LogP contribution in [-0.4, -0.2) is 40.5 Å². The molecule has 1 fully saturated rings. The SMILES string of the molecule is CC(NC(=O)[C@H](C)NC(=O)[C@@H]1CSC2c3ccccc3C(=O)N21)c1ccccc1. The molecule has 0 aliphatic carbocycles. The van der Waals surface area contributed by atoms with Gasteiger partial charge in [-0.2, -0.15) is 0 Å². The summed E-state index contributed by atoms with van der Waals surface area (Å²) in [6.45, 7) is 3.56. The Labute approximate surface area is 174 Å². The van der Waals surface area contributed by atoms with Crippen LogP contribution in [0.15, 0.2) is 54.6 Å². The van der Waals surface area contributed by atoms with Gasteiger partial charge in [0.1, 0.15) is 17.5 Å². The average molecular weight is 410 g/mol. The zero-order chi connectivity index (χ0) is 20.5. The third-order valence-electron chi connectivity index (χ3n) is 5.41. The Morgan fingerprint density at radius 1 is 1.03 bits per heavy atom. The Balaban J connectivity index is 1.38. The average Bonchev–Trinajstić information content (AvgIpc) is 3.29. The van der Waals surface area contributed by atoms with E-state index in [9.17, 15) is 14.4 Å². The lowest BCUT2D eigenvalue weighted by atomic mass is 10.1. The number of carbonyl (C=O) groups is 3. The standard InChI is InChI=1S/C22H23N3O3S/c1-13(15-8-4-3-5-9-15)23-19(26)14(2)24-20(27)18-12-29-22-17-11-7-6-10-16(17)21(28)25(18)22/h3-11,13-14,18,22H,12H2,1-2H3,(H,23,26)(H,24,27)/t13?,14-,18-,22?/m0/s1. The molecule has 4 atom stereocenters. The molecule has 7 heteroatoms. The third kappa shape index (κ3) is 3.62. The fourth-order valence-corrected chi connectivity index (χ4v) is 5.25. The number of amides is 3. The van der Waals surface area contributed by atoms with E-state index in [0.717, 1.165) is 11.1 Å². The van der Waals surface area contributed by atoms with Crippen LogP contribution in [0.25, 0.3) is 0 Å². The van der Waals surface area contributed by atoms with Crippen LogP contribution in [0, 0.1) is 0 Å². The monoisotopic (exact) mass is 409 g/mol. The lowest BCUT2D eigenvalue weighted by molar-refractivity contribution is -0.130. The van der Waals surface area contributed by atoms with E-state index < -0.39 is 12.1 Å². The van der Waals surface area contributed by atoms with Crippen LogP contribution >= 0.6 is 11.8 Å². The maximum atomic E-state index is 12.9. The van der Waals surface area contributed by atoms with Gasteiger partial charge in [0.2, 0.25) is 11.8 Å². The Morgan fingerprint density at radius 2 is 1.72 bits per heavy atom. The molecule has 2 heterocycles. The number of rotatable bonds is 5. The summed E-state index contributed by atoms with van der Waals surface area (Å²) in [7, 11) is 0. The van der Waals surface area contributed by atoms with Crippen LogP contribution < -0.4 is 10.6 Å². The molecule has 2 aromatic rings. The molecule has 6 nitrogen and oxygen atoms in total. The number of fused-ring (bicyclic) bond motifs is 3. The highest BCUT2D eigenvalue weighted by atomic mass is 32.2. The molecule has 2 aliphatic heterocycles. The zero-order valence-electron chi connectivity index (χ0n) is 16.3. The summed E-state index contributed by atoms with van der Waals surface area (Å²) in [6, 6.07) is 15.7. The van der Waals surface area contributed by atoms with Gasteiger partial charge in [0.15, 0.2) is 0 Å². The lowest BCUT2D eigenvalue weighted by Crippen LogP contribution is -2.52. The van der Waals surface area contributed by atoms with Crippen LogP contribution in [0.4, 0.5) is 0 Å². The van der Waals surface area contributed by atoms with Crippen molar-refractivity contribution >= 4 is 29.5 Å². The minimum absolute atomic E-state index is 0.120. The number of nitrogens with one attached hydrogen (secondary N) is 2.